The summed E-state index contributed by atoms with van der Waals surface area (Å²) in [7, 11) is 0. The molecule has 1 saturated carbocycles. The number of hydrogen-bond donors (Lipinski definition) is 1. The van der Waals surface area contributed by atoms with Crippen molar-refractivity contribution in [2.45, 2.75) is 64.3 Å². The van der Waals surface area contributed by atoms with Gasteiger partial charge in [0.05, 0.1) is 5.54 Å². The maximum Gasteiger partial charge on any atom is 0.242 e. The third kappa shape index (κ3) is 4.47. The quantitative estimate of drug-likeness (QED) is 0.828. The molecule has 0 saturated heterocycles. The Morgan fingerprint density at radius 3 is 2.29 bits per heavy atom. The normalized spacial score (nSPS) is 18.3. The summed E-state index contributed by atoms with van der Waals surface area (Å²) >= 11 is 0. The van der Waals surface area contributed by atoms with Crippen LogP contribution in [0.4, 0.5) is 0 Å². The number of rotatable bonds is 5. The topological polar surface area (TPSA) is 46.3 Å². The molecule has 0 unspecified atom stereocenters. The Balaban J connectivity index is 0.00000256. The van der Waals surface area contributed by atoms with Crippen molar-refractivity contribution in [1.29, 1.82) is 0 Å². The van der Waals surface area contributed by atoms with Gasteiger partial charge in [0.2, 0.25) is 5.91 Å². The van der Waals surface area contributed by atoms with Gasteiger partial charge in [-0.1, -0.05) is 32.6 Å². The molecule has 17 heavy (non-hydrogen) atoms. The Kier molecular flexibility index (Phi) is 7.80. The van der Waals surface area contributed by atoms with Crippen molar-refractivity contribution in [3.8, 4) is 0 Å². The number of amides is 1. The fraction of sp³-hybridized carbons (Fsp3) is 0.923. The van der Waals surface area contributed by atoms with Gasteiger partial charge in [-0.3, -0.25) is 4.79 Å². The fourth-order valence-corrected chi connectivity index (χ4v) is 2.46. The van der Waals surface area contributed by atoms with E-state index in [9.17, 15) is 4.79 Å². The zero-order valence-electron chi connectivity index (χ0n) is 11.2. The van der Waals surface area contributed by atoms with Gasteiger partial charge in [-0.15, -0.1) is 12.4 Å². The minimum Gasteiger partial charge on any atom is -0.341 e. The molecule has 0 spiro atoms. The molecule has 1 aliphatic carbocycles. The molecule has 1 amide bonds. The molecular weight excluding hydrogens is 236 g/mol. The summed E-state index contributed by atoms with van der Waals surface area (Å²) in [6, 6.07) is 0. The lowest BCUT2D eigenvalue weighted by molar-refractivity contribution is -0.138. The number of unbranched alkanes of at least 4 members (excludes halogenated alkanes) is 1. The van der Waals surface area contributed by atoms with Crippen LogP contribution in [0.2, 0.25) is 0 Å². The van der Waals surface area contributed by atoms with Crippen LogP contribution in [0.15, 0.2) is 0 Å². The molecule has 0 heterocycles. The summed E-state index contributed by atoms with van der Waals surface area (Å²) in [5.74, 6) is 0.183. The zero-order valence-corrected chi connectivity index (χ0v) is 12.0. The first-order valence-electron chi connectivity index (χ1n) is 6.72. The molecule has 2 N–H and O–H groups in total. The average Bonchev–Trinajstić information content (AvgIpc) is 2.31. The summed E-state index contributed by atoms with van der Waals surface area (Å²) in [5.41, 5.74) is 5.71. The van der Waals surface area contributed by atoms with Crippen molar-refractivity contribution in [1.82, 2.24) is 4.90 Å². The van der Waals surface area contributed by atoms with E-state index in [-0.39, 0.29) is 18.3 Å². The van der Waals surface area contributed by atoms with E-state index >= 15 is 0 Å². The van der Waals surface area contributed by atoms with E-state index in [2.05, 4.69) is 6.92 Å². The molecule has 3 nitrogen and oxygen atoms in total. The van der Waals surface area contributed by atoms with Crippen molar-refractivity contribution in [3.63, 3.8) is 0 Å². The lowest BCUT2D eigenvalue weighted by atomic mass is 9.81. The Hall–Kier alpha value is -0.280. The first kappa shape index (κ1) is 16.7. The molecular formula is C13H27ClN2O. The summed E-state index contributed by atoms with van der Waals surface area (Å²) < 4.78 is 0. The van der Waals surface area contributed by atoms with E-state index in [4.69, 9.17) is 5.73 Å². The Morgan fingerprint density at radius 2 is 1.82 bits per heavy atom. The average molecular weight is 263 g/mol. The highest BCUT2D eigenvalue weighted by molar-refractivity contribution is 5.86. The van der Waals surface area contributed by atoms with E-state index < -0.39 is 5.54 Å². The second kappa shape index (κ2) is 7.93. The van der Waals surface area contributed by atoms with E-state index in [1.807, 2.05) is 11.8 Å². The predicted octanol–water partition coefficient (Wildman–Crippen LogP) is 2.72. The van der Waals surface area contributed by atoms with Crippen molar-refractivity contribution >= 4 is 18.3 Å². The van der Waals surface area contributed by atoms with Crippen molar-refractivity contribution < 1.29 is 4.79 Å². The number of nitrogens with zero attached hydrogens (tertiary/aromatic N) is 1. The van der Waals surface area contributed by atoms with Crippen LogP contribution in [0.25, 0.3) is 0 Å². The van der Waals surface area contributed by atoms with E-state index in [1.165, 1.54) is 6.42 Å². The maximum atomic E-state index is 12.4. The molecule has 102 valence electrons. The minimum absolute atomic E-state index is 0. The SMILES string of the molecule is CCCCN(CC)C(=O)C1(N)CCCCC1.Cl. The van der Waals surface area contributed by atoms with Gasteiger partial charge >= 0.3 is 0 Å². The molecule has 0 atom stereocenters. The van der Waals surface area contributed by atoms with Gasteiger partial charge in [0.1, 0.15) is 0 Å². The third-order valence-corrected chi connectivity index (χ3v) is 3.62. The van der Waals surface area contributed by atoms with Crippen LogP contribution in [0.3, 0.4) is 0 Å². The molecule has 0 bridgehead atoms. The van der Waals surface area contributed by atoms with Crippen LogP contribution in [-0.4, -0.2) is 29.4 Å². The van der Waals surface area contributed by atoms with E-state index in [0.29, 0.717) is 0 Å². The summed E-state index contributed by atoms with van der Waals surface area (Å²) in [5, 5.41) is 0. The fourth-order valence-electron chi connectivity index (χ4n) is 2.46. The number of hydrogen-bond acceptors (Lipinski definition) is 2. The van der Waals surface area contributed by atoms with Crippen LogP contribution in [0.1, 0.15) is 58.8 Å². The van der Waals surface area contributed by atoms with Gasteiger partial charge in [0.25, 0.3) is 0 Å². The van der Waals surface area contributed by atoms with Gasteiger partial charge in [0.15, 0.2) is 0 Å². The minimum atomic E-state index is -0.554. The van der Waals surface area contributed by atoms with Crippen LogP contribution >= 0.6 is 12.4 Å². The third-order valence-electron chi connectivity index (χ3n) is 3.62. The Labute approximate surface area is 112 Å². The van der Waals surface area contributed by atoms with Crippen molar-refractivity contribution in [3.05, 3.63) is 0 Å². The lowest BCUT2D eigenvalue weighted by Crippen LogP contribution is -2.56. The van der Waals surface area contributed by atoms with Crippen LogP contribution in [-0.2, 0) is 4.79 Å². The molecule has 1 fully saturated rings. The second-order valence-electron chi connectivity index (χ2n) is 4.96. The van der Waals surface area contributed by atoms with Gasteiger partial charge in [-0.25, -0.2) is 0 Å². The maximum absolute atomic E-state index is 12.4. The number of carbonyl (C=O) groups excluding carboxylic acids is 1. The molecule has 0 aromatic rings. The predicted molar refractivity (Wildman–Crippen MR) is 74.4 cm³/mol. The molecule has 0 aromatic heterocycles. The molecule has 0 aliphatic heterocycles. The smallest absolute Gasteiger partial charge is 0.242 e. The summed E-state index contributed by atoms with van der Waals surface area (Å²) in [4.78, 5) is 14.3. The van der Waals surface area contributed by atoms with Crippen LogP contribution in [0.5, 0.6) is 0 Å². The monoisotopic (exact) mass is 262 g/mol. The van der Waals surface area contributed by atoms with Gasteiger partial charge in [0, 0.05) is 13.1 Å². The summed E-state index contributed by atoms with van der Waals surface area (Å²) in [6.07, 6.45) is 7.38. The second-order valence-corrected chi connectivity index (χ2v) is 4.96. The molecule has 0 radical (unpaired) electrons. The number of nitrogens with two attached hydrogens (primary N) is 1. The summed E-state index contributed by atoms with van der Waals surface area (Å²) in [6.45, 7) is 5.85. The zero-order chi connectivity index (χ0) is 12.0. The number of halogens is 1. The number of carbonyl (C=O) groups is 1. The van der Waals surface area contributed by atoms with E-state index in [1.54, 1.807) is 0 Å². The van der Waals surface area contributed by atoms with Crippen molar-refractivity contribution in [2.24, 2.45) is 5.73 Å². The Bertz CT molecular complexity index is 227. The van der Waals surface area contributed by atoms with Gasteiger partial charge in [-0.05, 0) is 26.2 Å². The van der Waals surface area contributed by atoms with Crippen molar-refractivity contribution in [2.75, 3.05) is 13.1 Å². The molecule has 0 aromatic carbocycles. The van der Waals surface area contributed by atoms with Crippen LogP contribution in [0, 0.1) is 0 Å². The first-order chi connectivity index (χ1) is 7.64. The van der Waals surface area contributed by atoms with E-state index in [0.717, 1.165) is 51.6 Å². The molecule has 4 heteroatoms. The Morgan fingerprint density at radius 1 is 1.24 bits per heavy atom. The molecule has 1 rings (SSSR count). The largest absolute Gasteiger partial charge is 0.341 e. The standard InChI is InChI=1S/C13H26N2O.ClH/c1-3-5-11-15(4-2)12(16)13(14)9-7-6-8-10-13;/h3-11,14H2,1-2H3;1H. The van der Waals surface area contributed by atoms with Crippen LogP contribution < -0.4 is 5.73 Å². The highest BCUT2D eigenvalue weighted by Gasteiger charge is 2.37. The molecule has 1 aliphatic rings. The highest BCUT2D eigenvalue weighted by atomic mass is 35.5. The first-order valence-corrected chi connectivity index (χ1v) is 6.72. The van der Waals surface area contributed by atoms with Gasteiger partial charge in [-0.2, -0.15) is 0 Å². The highest BCUT2D eigenvalue weighted by Crippen LogP contribution is 2.27. The number of likely N-dealkylation sites (N-methyl/N-ethyl adjacent to an activating group) is 1. The van der Waals surface area contributed by atoms with Gasteiger partial charge < -0.3 is 10.6 Å². The lowest BCUT2D eigenvalue weighted by Gasteiger charge is -2.36.